The van der Waals surface area contributed by atoms with Gasteiger partial charge in [0.2, 0.25) is 17.7 Å². The first-order valence-electron chi connectivity index (χ1n) is 12.1. The highest BCUT2D eigenvalue weighted by Gasteiger charge is 2.32. The normalized spacial score (nSPS) is 14.3. The van der Waals surface area contributed by atoms with Crippen LogP contribution in [-0.4, -0.2) is 81.0 Å². The summed E-state index contributed by atoms with van der Waals surface area (Å²) >= 11 is 1.43. The van der Waals surface area contributed by atoms with E-state index >= 15 is 0 Å². The van der Waals surface area contributed by atoms with Crippen LogP contribution in [0.3, 0.4) is 0 Å². The highest BCUT2D eigenvalue weighted by atomic mass is 32.2. The average molecular weight is 550 g/mol. The number of para-hydroxylation sites is 1. The Labute approximate surface area is 224 Å². The molecule has 0 spiro atoms. The second-order valence-corrected chi connectivity index (χ2v) is 10.2. The molecule has 4 atom stereocenters. The van der Waals surface area contributed by atoms with Gasteiger partial charge in [0.05, 0.1) is 12.5 Å². The lowest BCUT2D eigenvalue weighted by Gasteiger charge is -2.26. The van der Waals surface area contributed by atoms with E-state index in [0.717, 1.165) is 16.5 Å². The van der Waals surface area contributed by atoms with Crippen molar-refractivity contribution in [3.8, 4) is 0 Å². The zero-order valence-corrected chi connectivity index (χ0v) is 22.3. The molecule has 1 aromatic heterocycles. The Bertz CT molecular complexity index is 1150. The molecule has 12 nitrogen and oxygen atoms in total. The van der Waals surface area contributed by atoms with Gasteiger partial charge in [0.15, 0.2) is 0 Å². The third-order valence-electron chi connectivity index (χ3n) is 5.94. The molecule has 0 saturated carbocycles. The number of fused-ring (bicyclic) bond motifs is 1. The maximum absolute atomic E-state index is 13.3. The van der Waals surface area contributed by atoms with E-state index in [9.17, 15) is 29.1 Å². The molecule has 2 aromatic rings. The first-order chi connectivity index (χ1) is 17.9. The summed E-state index contributed by atoms with van der Waals surface area (Å²) in [5.41, 5.74) is 7.20. The minimum absolute atomic E-state index is 0.0493. The van der Waals surface area contributed by atoms with Crippen LogP contribution in [0, 0.1) is 5.92 Å². The lowest BCUT2D eigenvalue weighted by atomic mass is 10.0. The van der Waals surface area contributed by atoms with Gasteiger partial charge in [-0.25, -0.2) is 4.79 Å². The zero-order valence-electron chi connectivity index (χ0n) is 21.5. The van der Waals surface area contributed by atoms with Crippen LogP contribution < -0.4 is 21.7 Å². The number of aromatic amines is 1. The van der Waals surface area contributed by atoms with E-state index in [1.807, 2.05) is 30.5 Å². The highest BCUT2D eigenvalue weighted by Crippen LogP contribution is 2.19. The van der Waals surface area contributed by atoms with Crippen LogP contribution in [0.25, 0.3) is 10.9 Å². The summed E-state index contributed by atoms with van der Waals surface area (Å²) in [5, 5.41) is 26.9. The Morgan fingerprint density at radius 2 is 1.61 bits per heavy atom. The molecule has 0 aliphatic rings. The third-order valence-corrected chi connectivity index (χ3v) is 6.58. The lowest BCUT2D eigenvalue weighted by molar-refractivity contribution is -0.143. The van der Waals surface area contributed by atoms with Crippen molar-refractivity contribution in [3.05, 3.63) is 36.0 Å². The SMILES string of the molecule is CSCCC(NC(=O)C(N)CC(=O)O)C(=O)NC(Cc1c[nH]c2ccccc12)C(=O)NC(C(=O)O)C(C)C. The number of carboxylic acids is 2. The van der Waals surface area contributed by atoms with Crippen molar-refractivity contribution in [1.29, 1.82) is 0 Å². The Kier molecular flexibility index (Phi) is 11.6. The summed E-state index contributed by atoms with van der Waals surface area (Å²) in [6, 6.07) is 2.62. The predicted molar refractivity (Wildman–Crippen MR) is 143 cm³/mol. The predicted octanol–water partition coefficient (Wildman–Crippen LogP) is 0.461. The summed E-state index contributed by atoms with van der Waals surface area (Å²) in [5.74, 6) is -4.56. The van der Waals surface area contributed by atoms with Gasteiger partial charge in [-0.15, -0.1) is 0 Å². The smallest absolute Gasteiger partial charge is 0.326 e. The number of carboxylic acid groups (broad SMARTS) is 2. The Balaban J connectivity index is 2.31. The maximum atomic E-state index is 13.3. The van der Waals surface area contributed by atoms with Crippen molar-refractivity contribution in [1.82, 2.24) is 20.9 Å². The summed E-state index contributed by atoms with van der Waals surface area (Å²) in [7, 11) is 0. The number of hydrogen-bond donors (Lipinski definition) is 7. The Hall–Kier alpha value is -3.58. The van der Waals surface area contributed by atoms with Crippen molar-refractivity contribution < 1.29 is 34.2 Å². The van der Waals surface area contributed by atoms with Crippen LogP contribution in [0.5, 0.6) is 0 Å². The number of nitrogens with two attached hydrogens (primary N) is 1. The molecule has 0 aliphatic carbocycles. The van der Waals surface area contributed by atoms with E-state index in [1.165, 1.54) is 11.8 Å². The number of thioether (sulfide) groups is 1. The maximum Gasteiger partial charge on any atom is 0.326 e. The number of aliphatic carboxylic acids is 2. The zero-order chi connectivity index (χ0) is 28.4. The van der Waals surface area contributed by atoms with Crippen molar-refractivity contribution >= 4 is 52.3 Å². The molecule has 0 saturated heterocycles. The second kappa shape index (κ2) is 14.4. The van der Waals surface area contributed by atoms with Crippen molar-refractivity contribution in [2.45, 2.75) is 57.3 Å². The van der Waals surface area contributed by atoms with Crippen LogP contribution in [0.2, 0.25) is 0 Å². The molecule has 0 fully saturated rings. The van der Waals surface area contributed by atoms with Gasteiger partial charge < -0.3 is 36.9 Å². The molecule has 1 aromatic carbocycles. The number of carbonyl (C=O) groups excluding carboxylic acids is 3. The summed E-state index contributed by atoms with van der Waals surface area (Å²) < 4.78 is 0. The standard InChI is InChI=1S/C25H35N5O7S/c1-13(2)21(25(36)37)30-24(35)19(10-14-12-27-17-7-5-4-6-15(14)17)29-23(34)18(8-9-38-3)28-22(33)16(26)11-20(31)32/h4-7,12-13,16,18-19,21,27H,8-11,26H2,1-3H3,(H,28,33)(H,29,34)(H,30,35)(H,31,32)(H,36,37). The van der Waals surface area contributed by atoms with Gasteiger partial charge in [-0.2, -0.15) is 11.8 Å². The van der Waals surface area contributed by atoms with Crippen molar-refractivity contribution in [2.24, 2.45) is 11.7 Å². The largest absolute Gasteiger partial charge is 0.481 e. The fourth-order valence-corrected chi connectivity index (χ4v) is 4.30. The quantitative estimate of drug-likeness (QED) is 0.165. The first-order valence-corrected chi connectivity index (χ1v) is 13.5. The molecular weight excluding hydrogens is 514 g/mol. The van der Waals surface area contributed by atoms with Crippen LogP contribution in [-0.2, 0) is 30.4 Å². The molecule has 0 bridgehead atoms. The van der Waals surface area contributed by atoms with E-state index in [4.69, 9.17) is 10.8 Å². The molecule has 13 heteroatoms. The molecule has 1 heterocycles. The van der Waals surface area contributed by atoms with E-state index < -0.39 is 66.2 Å². The van der Waals surface area contributed by atoms with Gasteiger partial charge in [-0.3, -0.25) is 19.2 Å². The van der Waals surface area contributed by atoms with Gasteiger partial charge in [0.1, 0.15) is 18.1 Å². The molecule has 0 radical (unpaired) electrons. The molecular formula is C25H35N5O7S. The summed E-state index contributed by atoms with van der Waals surface area (Å²) in [6.07, 6.45) is 3.17. The average Bonchev–Trinajstić information content (AvgIpc) is 3.26. The third kappa shape index (κ3) is 8.77. The fourth-order valence-electron chi connectivity index (χ4n) is 3.83. The monoisotopic (exact) mass is 549 g/mol. The number of nitrogens with one attached hydrogen (secondary N) is 4. The van der Waals surface area contributed by atoms with Gasteiger partial charge in [-0.05, 0) is 36.0 Å². The van der Waals surface area contributed by atoms with Crippen LogP contribution in [0.1, 0.15) is 32.3 Å². The Morgan fingerprint density at radius 1 is 0.974 bits per heavy atom. The number of aromatic nitrogens is 1. The molecule has 38 heavy (non-hydrogen) atoms. The number of carbonyl (C=O) groups is 5. The molecule has 208 valence electrons. The topological polar surface area (TPSA) is 204 Å². The van der Waals surface area contributed by atoms with Gasteiger partial charge in [-0.1, -0.05) is 32.0 Å². The molecule has 0 aliphatic heterocycles. The van der Waals surface area contributed by atoms with Crippen molar-refractivity contribution in [3.63, 3.8) is 0 Å². The minimum atomic E-state index is -1.36. The van der Waals surface area contributed by atoms with Crippen LogP contribution >= 0.6 is 11.8 Å². The number of hydrogen-bond acceptors (Lipinski definition) is 7. The summed E-state index contributed by atoms with van der Waals surface area (Å²) in [4.78, 5) is 64.7. The number of amides is 3. The van der Waals surface area contributed by atoms with Gasteiger partial charge in [0.25, 0.3) is 0 Å². The number of rotatable bonds is 15. The molecule has 3 amide bonds. The minimum Gasteiger partial charge on any atom is -0.481 e. The van der Waals surface area contributed by atoms with Crippen LogP contribution in [0.4, 0.5) is 0 Å². The molecule has 2 rings (SSSR count). The first kappa shape index (κ1) is 30.6. The van der Waals surface area contributed by atoms with Gasteiger partial charge in [0, 0.05) is 23.5 Å². The highest BCUT2D eigenvalue weighted by molar-refractivity contribution is 7.98. The van der Waals surface area contributed by atoms with E-state index in [2.05, 4.69) is 20.9 Å². The van der Waals surface area contributed by atoms with E-state index in [-0.39, 0.29) is 12.8 Å². The molecule has 8 N–H and O–H groups in total. The summed E-state index contributed by atoms with van der Waals surface area (Å²) in [6.45, 7) is 3.31. The van der Waals surface area contributed by atoms with Crippen molar-refractivity contribution in [2.75, 3.05) is 12.0 Å². The van der Waals surface area contributed by atoms with Gasteiger partial charge >= 0.3 is 11.9 Å². The number of benzene rings is 1. The second-order valence-electron chi connectivity index (χ2n) is 9.24. The van der Waals surface area contributed by atoms with E-state index in [1.54, 1.807) is 20.0 Å². The van der Waals surface area contributed by atoms with E-state index in [0.29, 0.717) is 5.75 Å². The fraction of sp³-hybridized carbons (Fsp3) is 0.480. The Morgan fingerprint density at radius 3 is 2.21 bits per heavy atom. The molecule has 4 unspecified atom stereocenters. The number of H-pyrrole nitrogens is 1. The van der Waals surface area contributed by atoms with Crippen LogP contribution in [0.15, 0.2) is 30.5 Å². The lowest BCUT2D eigenvalue weighted by Crippen LogP contribution is -2.58.